The van der Waals surface area contributed by atoms with E-state index in [-0.39, 0.29) is 11.9 Å². The number of nitrogens with one attached hydrogen (secondary N) is 1. The maximum atomic E-state index is 10.8. The van der Waals surface area contributed by atoms with Crippen molar-refractivity contribution in [2.45, 2.75) is 19.4 Å². The average Bonchev–Trinajstić information content (AvgIpc) is 2.61. The molecule has 1 unspecified atom stereocenters. The van der Waals surface area contributed by atoms with E-state index in [0.717, 1.165) is 15.9 Å². The van der Waals surface area contributed by atoms with Gasteiger partial charge in [0.15, 0.2) is 0 Å². The van der Waals surface area contributed by atoms with Crippen LogP contribution in [0.3, 0.4) is 0 Å². The number of primary amides is 1. The Morgan fingerprint density at radius 3 is 3.06 bits per heavy atom. The largest absolute Gasteiger partial charge is 0.372 e. The van der Waals surface area contributed by atoms with Gasteiger partial charge in [-0.15, -0.1) is 0 Å². The number of nitrogens with zero attached hydrogens (tertiary/aromatic N) is 1. The SMILES string of the molecule is CC(CC(N)=O)Nc1snc2ccccc12. The van der Waals surface area contributed by atoms with E-state index in [1.54, 1.807) is 0 Å². The van der Waals surface area contributed by atoms with Crippen molar-refractivity contribution in [1.29, 1.82) is 0 Å². The van der Waals surface area contributed by atoms with Crippen LogP contribution in [0.5, 0.6) is 0 Å². The van der Waals surface area contributed by atoms with Gasteiger partial charge < -0.3 is 11.1 Å². The van der Waals surface area contributed by atoms with Gasteiger partial charge in [0.25, 0.3) is 0 Å². The standard InChI is InChI=1S/C11H13N3OS/c1-7(6-10(12)15)13-11-8-4-2-3-5-9(8)14-16-11/h2-5,7,13H,6H2,1H3,(H2,12,15). The third-order valence-electron chi connectivity index (χ3n) is 2.27. The molecule has 2 aromatic rings. The number of nitrogens with two attached hydrogens (primary N) is 1. The molecule has 0 bridgehead atoms. The van der Waals surface area contributed by atoms with Crippen LogP contribution in [0, 0.1) is 0 Å². The molecule has 2 rings (SSSR count). The smallest absolute Gasteiger partial charge is 0.219 e. The van der Waals surface area contributed by atoms with Crippen molar-refractivity contribution in [3.63, 3.8) is 0 Å². The molecule has 0 aliphatic rings. The Labute approximate surface area is 97.6 Å². The Morgan fingerprint density at radius 2 is 2.31 bits per heavy atom. The quantitative estimate of drug-likeness (QED) is 0.851. The van der Waals surface area contributed by atoms with Gasteiger partial charge in [0, 0.05) is 17.8 Å². The summed E-state index contributed by atoms with van der Waals surface area (Å²) in [5.74, 6) is -0.297. The molecule has 4 nitrogen and oxygen atoms in total. The fraction of sp³-hybridized carbons (Fsp3) is 0.273. The Bertz CT molecular complexity index is 509. The maximum absolute atomic E-state index is 10.8. The number of anilines is 1. The lowest BCUT2D eigenvalue weighted by Crippen LogP contribution is -2.23. The third kappa shape index (κ3) is 2.30. The van der Waals surface area contributed by atoms with Crippen molar-refractivity contribution < 1.29 is 4.79 Å². The molecule has 0 aliphatic heterocycles. The van der Waals surface area contributed by atoms with Crippen LogP contribution in [0.1, 0.15) is 13.3 Å². The first-order chi connectivity index (χ1) is 7.66. The normalized spacial score (nSPS) is 12.6. The summed E-state index contributed by atoms with van der Waals surface area (Å²) < 4.78 is 4.31. The van der Waals surface area contributed by atoms with Crippen molar-refractivity contribution in [1.82, 2.24) is 4.37 Å². The van der Waals surface area contributed by atoms with Crippen molar-refractivity contribution in [3.8, 4) is 0 Å². The monoisotopic (exact) mass is 235 g/mol. The third-order valence-corrected chi connectivity index (χ3v) is 3.08. The summed E-state index contributed by atoms with van der Waals surface area (Å²) in [6.45, 7) is 1.93. The van der Waals surface area contributed by atoms with E-state index >= 15 is 0 Å². The molecule has 16 heavy (non-hydrogen) atoms. The summed E-state index contributed by atoms with van der Waals surface area (Å²) in [7, 11) is 0. The first-order valence-electron chi connectivity index (χ1n) is 5.06. The lowest BCUT2D eigenvalue weighted by Gasteiger charge is -2.11. The molecule has 0 fully saturated rings. The lowest BCUT2D eigenvalue weighted by molar-refractivity contribution is -0.118. The number of carbonyl (C=O) groups excluding carboxylic acids is 1. The van der Waals surface area contributed by atoms with Gasteiger partial charge in [-0.3, -0.25) is 4.79 Å². The summed E-state index contributed by atoms with van der Waals surface area (Å²) in [4.78, 5) is 10.8. The van der Waals surface area contributed by atoms with Crippen LogP contribution in [0.2, 0.25) is 0 Å². The number of aromatic nitrogens is 1. The Hall–Kier alpha value is -1.62. The van der Waals surface area contributed by atoms with E-state index in [0.29, 0.717) is 6.42 Å². The highest BCUT2D eigenvalue weighted by Gasteiger charge is 2.10. The van der Waals surface area contributed by atoms with E-state index in [1.165, 1.54) is 11.5 Å². The molecule has 0 aliphatic carbocycles. The van der Waals surface area contributed by atoms with Crippen LogP contribution in [0.15, 0.2) is 24.3 Å². The number of amides is 1. The van der Waals surface area contributed by atoms with E-state index in [1.807, 2.05) is 31.2 Å². The predicted molar refractivity (Wildman–Crippen MR) is 66.5 cm³/mol. The van der Waals surface area contributed by atoms with E-state index in [2.05, 4.69) is 9.69 Å². The van der Waals surface area contributed by atoms with Crippen LogP contribution < -0.4 is 11.1 Å². The molecule has 0 spiro atoms. The van der Waals surface area contributed by atoms with Crippen LogP contribution in [-0.2, 0) is 4.79 Å². The molecule has 0 radical (unpaired) electrons. The molecule has 1 aromatic carbocycles. The van der Waals surface area contributed by atoms with Crippen LogP contribution in [-0.4, -0.2) is 16.3 Å². The highest BCUT2D eigenvalue weighted by atomic mass is 32.1. The van der Waals surface area contributed by atoms with Gasteiger partial charge in [-0.2, -0.15) is 4.37 Å². The number of benzene rings is 1. The zero-order valence-electron chi connectivity index (χ0n) is 8.93. The Balaban J connectivity index is 2.18. The zero-order valence-corrected chi connectivity index (χ0v) is 9.75. The van der Waals surface area contributed by atoms with Gasteiger partial charge in [-0.25, -0.2) is 0 Å². The molecule has 84 valence electrons. The molecule has 5 heteroatoms. The topological polar surface area (TPSA) is 68.0 Å². The van der Waals surface area contributed by atoms with Gasteiger partial charge in [-0.1, -0.05) is 12.1 Å². The zero-order chi connectivity index (χ0) is 11.5. The number of carbonyl (C=O) groups is 1. The fourth-order valence-corrected chi connectivity index (χ4v) is 2.44. The van der Waals surface area contributed by atoms with Crippen molar-refractivity contribution >= 4 is 33.3 Å². The highest BCUT2D eigenvalue weighted by Crippen LogP contribution is 2.27. The van der Waals surface area contributed by atoms with Crippen LogP contribution in [0.25, 0.3) is 10.9 Å². The van der Waals surface area contributed by atoms with Gasteiger partial charge in [-0.05, 0) is 30.6 Å². The summed E-state index contributed by atoms with van der Waals surface area (Å²) in [5.41, 5.74) is 6.12. The van der Waals surface area contributed by atoms with Crippen molar-refractivity contribution in [2.75, 3.05) is 5.32 Å². The molecule has 1 atom stereocenters. The molecule has 1 aromatic heterocycles. The summed E-state index contributed by atoms with van der Waals surface area (Å²) in [5, 5.41) is 5.33. The minimum absolute atomic E-state index is 0.0290. The van der Waals surface area contributed by atoms with Gasteiger partial charge in [0.1, 0.15) is 5.00 Å². The van der Waals surface area contributed by atoms with E-state index in [4.69, 9.17) is 5.73 Å². The number of rotatable bonds is 4. The Kier molecular flexibility index (Phi) is 3.05. The van der Waals surface area contributed by atoms with Gasteiger partial charge in [0.05, 0.1) is 5.52 Å². The second kappa shape index (κ2) is 4.49. The average molecular weight is 235 g/mol. The van der Waals surface area contributed by atoms with Crippen molar-refractivity contribution in [3.05, 3.63) is 24.3 Å². The molecular weight excluding hydrogens is 222 g/mol. The molecule has 3 N–H and O–H groups in total. The maximum Gasteiger partial charge on any atom is 0.219 e. The minimum atomic E-state index is -0.297. The molecule has 0 saturated heterocycles. The summed E-state index contributed by atoms with van der Waals surface area (Å²) in [6, 6.07) is 7.94. The van der Waals surface area contributed by atoms with Crippen molar-refractivity contribution in [2.24, 2.45) is 5.73 Å². The minimum Gasteiger partial charge on any atom is -0.372 e. The molecular formula is C11H13N3OS. The summed E-state index contributed by atoms with van der Waals surface area (Å²) in [6.07, 6.45) is 0.326. The fourth-order valence-electron chi connectivity index (χ4n) is 1.57. The number of fused-ring (bicyclic) bond motifs is 1. The van der Waals surface area contributed by atoms with Gasteiger partial charge in [0.2, 0.25) is 5.91 Å². The second-order valence-electron chi connectivity index (χ2n) is 3.74. The first kappa shape index (κ1) is 10.9. The number of hydrogen-bond acceptors (Lipinski definition) is 4. The molecule has 1 amide bonds. The summed E-state index contributed by atoms with van der Waals surface area (Å²) >= 11 is 1.41. The second-order valence-corrected chi connectivity index (χ2v) is 4.52. The predicted octanol–water partition coefficient (Wildman–Crippen LogP) is 1.97. The van der Waals surface area contributed by atoms with Crippen LogP contribution >= 0.6 is 11.5 Å². The Morgan fingerprint density at radius 1 is 1.56 bits per heavy atom. The van der Waals surface area contributed by atoms with Crippen LogP contribution in [0.4, 0.5) is 5.00 Å². The van der Waals surface area contributed by atoms with E-state index in [9.17, 15) is 4.79 Å². The molecule has 1 heterocycles. The van der Waals surface area contributed by atoms with E-state index < -0.39 is 0 Å². The molecule has 0 saturated carbocycles. The lowest BCUT2D eigenvalue weighted by atomic mass is 10.2. The first-order valence-corrected chi connectivity index (χ1v) is 5.83. The highest BCUT2D eigenvalue weighted by molar-refractivity contribution is 7.11. The van der Waals surface area contributed by atoms with Gasteiger partial charge >= 0.3 is 0 Å². The number of hydrogen-bond donors (Lipinski definition) is 2.